The Morgan fingerprint density at radius 2 is 1.90 bits per heavy atom. The number of rotatable bonds is 7. The Kier molecular flexibility index (Phi) is 5.55. The third kappa shape index (κ3) is 3.72. The molecule has 0 atom stereocenters. The molecule has 6 heteroatoms. The van der Waals surface area contributed by atoms with E-state index in [1.54, 1.807) is 32.7 Å². The van der Waals surface area contributed by atoms with Gasteiger partial charge in [0.2, 0.25) is 0 Å². The van der Waals surface area contributed by atoms with Crippen LogP contribution in [0.25, 0.3) is 0 Å². The van der Waals surface area contributed by atoms with E-state index in [1.165, 1.54) is 0 Å². The van der Waals surface area contributed by atoms with Crippen LogP contribution >= 0.6 is 11.3 Å². The van der Waals surface area contributed by atoms with Crippen LogP contribution in [0.1, 0.15) is 21.1 Å². The van der Waals surface area contributed by atoms with Gasteiger partial charge in [0.15, 0.2) is 11.5 Å². The standard InChI is InChI=1S/C15H20N2O3S/c1-18-9-11-14(8-16)21-15(17-11)7-10-4-5-12(19-2)13(6-10)20-3/h4-6H,7-9,16H2,1-3H3. The Balaban J connectivity index is 2.21. The van der Waals surface area contributed by atoms with Gasteiger partial charge in [0.05, 0.1) is 31.5 Å². The number of methoxy groups -OCH3 is 3. The van der Waals surface area contributed by atoms with Gasteiger partial charge in [0, 0.05) is 25.0 Å². The zero-order valence-electron chi connectivity index (χ0n) is 12.5. The van der Waals surface area contributed by atoms with E-state index in [9.17, 15) is 0 Å². The second-order valence-electron chi connectivity index (χ2n) is 4.48. The minimum Gasteiger partial charge on any atom is -0.493 e. The molecular formula is C15H20N2O3S. The van der Waals surface area contributed by atoms with Crippen LogP contribution in [0, 0.1) is 0 Å². The van der Waals surface area contributed by atoms with Crippen molar-refractivity contribution >= 4 is 11.3 Å². The highest BCUT2D eigenvalue weighted by Gasteiger charge is 2.11. The molecule has 0 saturated carbocycles. The molecule has 0 spiro atoms. The van der Waals surface area contributed by atoms with Gasteiger partial charge in [-0.1, -0.05) is 6.07 Å². The molecule has 0 aliphatic heterocycles. The molecule has 114 valence electrons. The average Bonchev–Trinajstić information content (AvgIpc) is 2.89. The van der Waals surface area contributed by atoms with E-state index >= 15 is 0 Å². The second-order valence-corrected chi connectivity index (χ2v) is 5.65. The number of hydrogen-bond donors (Lipinski definition) is 1. The summed E-state index contributed by atoms with van der Waals surface area (Å²) < 4.78 is 15.7. The van der Waals surface area contributed by atoms with Crippen LogP contribution in [0.4, 0.5) is 0 Å². The lowest BCUT2D eigenvalue weighted by atomic mass is 10.1. The van der Waals surface area contributed by atoms with Crippen LogP contribution in [0.3, 0.4) is 0 Å². The fourth-order valence-corrected chi connectivity index (χ4v) is 3.07. The third-order valence-corrected chi connectivity index (χ3v) is 4.21. The van der Waals surface area contributed by atoms with Gasteiger partial charge in [-0.2, -0.15) is 0 Å². The summed E-state index contributed by atoms with van der Waals surface area (Å²) in [7, 11) is 4.92. The summed E-state index contributed by atoms with van der Waals surface area (Å²) in [5, 5.41) is 1.02. The van der Waals surface area contributed by atoms with E-state index in [-0.39, 0.29) is 0 Å². The molecule has 0 radical (unpaired) electrons. The molecule has 1 aromatic carbocycles. The summed E-state index contributed by atoms with van der Waals surface area (Å²) in [6.07, 6.45) is 0.738. The molecule has 0 fully saturated rings. The zero-order chi connectivity index (χ0) is 15.2. The second kappa shape index (κ2) is 7.40. The number of nitrogens with zero attached hydrogens (tertiary/aromatic N) is 1. The molecule has 2 rings (SSSR count). The molecule has 0 amide bonds. The molecule has 1 aromatic heterocycles. The largest absolute Gasteiger partial charge is 0.493 e. The molecule has 1 heterocycles. The highest BCUT2D eigenvalue weighted by molar-refractivity contribution is 7.11. The van der Waals surface area contributed by atoms with Gasteiger partial charge in [0.25, 0.3) is 0 Å². The topological polar surface area (TPSA) is 66.6 Å². The van der Waals surface area contributed by atoms with Crippen LogP contribution in [0.5, 0.6) is 11.5 Å². The zero-order valence-corrected chi connectivity index (χ0v) is 13.3. The van der Waals surface area contributed by atoms with Gasteiger partial charge in [-0.25, -0.2) is 4.98 Å². The lowest BCUT2D eigenvalue weighted by Crippen LogP contribution is -1.99. The lowest BCUT2D eigenvalue weighted by molar-refractivity contribution is 0.181. The molecular weight excluding hydrogens is 288 g/mol. The van der Waals surface area contributed by atoms with Gasteiger partial charge in [-0.05, 0) is 17.7 Å². The number of nitrogens with two attached hydrogens (primary N) is 1. The first-order valence-corrected chi connectivity index (χ1v) is 7.40. The Hall–Kier alpha value is -1.63. The highest BCUT2D eigenvalue weighted by Crippen LogP contribution is 2.29. The Bertz CT molecular complexity index is 599. The van der Waals surface area contributed by atoms with E-state index in [0.29, 0.717) is 13.2 Å². The summed E-state index contributed by atoms with van der Waals surface area (Å²) in [6.45, 7) is 0.983. The number of hydrogen-bond acceptors (Lipinski definition) is 6. The summed E-state index contributed by atoms with van der Waals surface area (Å²) in [6, 6.07) is 5.89. The summed E-state index contributed by atoms with van der Waals surface area (Å²) in [5.74, 6) is 1.45. The first-order chi connectivity index (χ1) is 10.2. The predicted octanol–water partition coefficient (Wildman–Crippen LogP) is 2.36. The predicted molar refractivity (Wildman–Crippen MR) is 83.1 cm³/mol. The SMILES string of the molecule is COCc1nc(Cc2ccc(OC)c(OC)c2)sc1CN. The monoisotopic (exact) mass is 308 g/mol. The van der Waals surface area contributed by atoms with Crippen molar-refractivity contribution in [1.82, 2.24) is 4.98 Å². The fraction of sp³-hybridized carbons (Fsp3) is 0.400. The minimum atomic E-state index is 0.488. The maximum Gasteiger partial charge on any atom is 0.160 e. The van der Waals surface area contributed by atoms with Crippen LogP contribution in [-0.2, 0) is 24.3 Å². The number of aromatic nitrogens is 1. The molecule has 0 aliphatic rings. The summed E-state index contributed by atoms with van der Waals surface area (Å²) in [5.41, 5.74) is 7.80. The average molecular weight is 308 g/mol. The molecule has 5 nitrogen and oxygen atoms in total. The van der Waals surface area contributed by atoms with Crippen molar-refractivity contribution in [3.05, 3.63) is 39.3 Å². The van der Waals surface area contributed by atoms with Gasteiger partial charge < -0.3 is 19.9 Å². The van der Waals surface area contributed by atoms with E-state index in [4.69, 9.17) is 19.9 Å². The number of ether oxygens (including phenoxy) is 3. The van der Waals surface area contributed by atoms with E-state index in [2.05, 4.69) is 4.98 Å². The van der Waals surface area contributed by atoms with Crippen molar-refractivity contribution in [3.8, 4) is 11.5 Å². The first kappa shape index (κ1) is 15.8. The van der Waals surface area contributed by atoms with Crippen LogP contribution < -0.4 is 15.2 Å². The maximum absolute atomic E-state index is 5.75. The van der Waals surface area contributed by atoms with Crippen molar-refractivity contribution in [2.45, 2.75) is 19.6 Å². The van der Waals surface area contributed by atoms with Gasteiger partial charge in [-0.3, -0.25) is 0 Å². The van der Waals surface area contributed by atoms with Crippen molar-refractivity contribution < 1.29 is 14.2 Å². The van der Waals surface area contributed by atoms with Gasteiger partial charge in [0.1, 0.15) is 0 Å². The van der Waals surface area contributed by atoms with Crippen molar-refractivity contribution in [2.24, 2.45) is 5.73 Å². The first-order valence-electron chi connectivity index (χ1n) is 6.59. The van der Waals surface area contributed by atoms with Crippen LogP contribution in [-0.4, -0.2) is 26.3 Å². The lowest BCUT2D eigenvalue weighted by Gasteiger charge is -2.08. The molecule has 2 aromatic rings. The van der Waals surface area contributed by atoms with Crippen LogP contribution in [0.2, 0.25) is 0 Å². The van der Waals surface area contributed by atoms with Crippen molar-refractivity contribution in [1.29, 1.82) is 0 Å². The molecule has 0 bridgehead atoms. The molecule has 2 N–H and O–H groups in total. The van der Waals surface area contributed by atoms with E-state index < -0.39 is 0 Å². The summed E-state index contributed by atoms with van der Waals surface area (Å²) in [4.78, 5) is 5.68. The van der Waals surface area contributed by atoms with Crippen molar-refractivity contribution in [2.75, 3.05) is 21.3 Å². The maximum atomic E-state index is 5.75. The smallest absolute Gasteiger partial charge is 0.160 e. The van der Waals surface area contributed by atoms with E-state index in [0.717, 1.165) is 39.1 Å². The molecule has 21 heavy (non-hydrogen) atoms. The highest BCUT2D eigenvalue weighted by atomic mass is 32.1. The van der Waals surface area contributed by atoms with E-state index in [1.807, 2.05) is 18.2 Å². The summed E-state index contributed by atoms with van der Waals surface area (Å²) >= 11 is 1.63. The van der Waals surface area contributed by atoms with Crippen molar-refractivity contribution in [3.63, 3.8) is 0 Å². The fourth-order valence-electron chi connectivity index (χ4n) is 2.09. The van der Waals surface area contributed by atoms with Crippen LogP contribution in [0.15, 0.2) is 18.2 Å². The number of benzene rings is 1. The molecule has 0 aliphatic carbocycles. The molecule has 0 saturated heterocycles. The molecule has 0 unspecified atom stereocenters. The van der Waals surface area contributed by atoms with Gasteiger partial charge >= 0.3 is 0 Å². The Morgan fingerprint density at radius 1 is 1.14 bits per heavy atom. The normalized spacial score (nSPS) is 10.7. The third-order valence-electron chi connectivity index (χ3n) is 3.09. The number of thiazole rings is 1. The quantitative estimate of drug-likeness (QED) is 0.850. The Labute approximate surface area is 128 Å². The Morgan fingerprint density at radius 3 is 2.52 bits per heavy atom. The minimum absolute atomic E-state index is 0.488. The van der Waals surface area contributed by atoms with Gasteiger partial charge in [-0.15, -0.1) is 11.3 Å².